The normalized spacial score (nSPS) is 9.31. The quantitative estimate of drug-likeness (QED) is 0.511. The largest absolute Gasteiger partial charge is 0.384 e. The molecule has 0 atom stereocenters. The van der Waals surface area contributed by atoms with Crippen LogP contribution >= 0.6 is 22.6 Å². The molecule has 0 heterocycles. The number of benzene rings is 1. The number of halogens is 1. The standard InChI is InChI=1S/C11H12IN/c1-3-4-7-13-11-8-10(12)6-5-9(11)2/h1,5-6,8,13H,4,7H2,2H3. The summed E-state index contributed by atoms with van der Waals surface area (Å²) in [6, 6.07) is 6.34. The Hall–Kier alpha value is -0.690. The first kappa shape index (κ1) is 10.4. The lowest BCUT2D eigenvalue weighted by Crippen LogP contribution is -2.02. The summed E-state index contributed by atoms with van der Waals surface area (Å²) in [5, 5.41) is 3.31. The Bertz CT molecular complexity index is 325. The first-order chi connectivity index (χ1) is 6.24. The van der Waals surface area contributed by atoms with E-state index in [2.05, 4.69) is 59.0 Å². The average molecular weight is 285 g/mol. The zero-order valence-electron chi connectivity index (χ0n) is 7.60. The van der Waals surface area contributed by atoms with E-state index in [1.165, 1.54) is 14.8 Å². The molecule has 1 aromatic rings. The van der Waals surface area contributed by atoms with E-state index in [0.29, 0.717) is 0 Å². The van der Waals surface area contributed by atoms with Crippen LogP contribution in [-0.2, 0) is 0 Å². The summed E-state index contributed by atoms with van der Waals surface area (Å²) in [6.45, 7) is 2.94. The van der Waals surface area contributed by atoms with Gasteiger partial charge in [-0.3, -0.25) is 0 Å². The molecule has 0 spiro atoms. The van der Waals surface area contributed by atoms with Gasteiger partial charge in [-0.2, -0.15) is 0 Å². The molecule has 13 heavy (non-hydrogen) atoms. The first-order valence-electron chi connectivity index (χ1n) is 4.17. The van der Waals surface area contributed by atoms with E-state index in [1.807, 2.05) is 0 Å². The van der Waals surface area contributed by atoms with Crippen LogP contribution in [0.15, 0.2) is 18.2 Å². The van der Waals surface area contributed by atoms with E-state index in [0.717, 1.165) is 13.0 Å². The fraction of sp³-hybridized carbons (Fsp3) is 0.273. The fourth-order valence-corrected chi connectivity index (χ4v) is 1.55. The zero-order valence-corrected chi connectivity index (χ0v) is 9.76. The van der Waals surface area contributed by atoms with Gasteiger partial charge < -0.3 is 5.32 Å². The molecular weight excluding hydrogens is 273 g/mol. The van der Waals surface area contributed by atoms with E-state index in [4.69, 9.17) is 6.42 Å². The highest BCUT2D eigenvalue weighted by molar-refractivity contribution is 14.1. The van der Waals surface area contributed by atoms with Gasteiger partial charge in [0.25, 0.3) is 0 Å². The summed E-state index contributed by atoms with van der Waals surface area (Å²) in [6.07, 6.45) is 5.94. The molecule has 0 fully saturated rings. The Labute approximate surface area is 93.1 Å². The van der Waals surface area contributed by atoms with Crippen LogP contribution in [-0.4, -0.2) is 6.54 Å². The molecule has 0 aromatic heterocycles. The van der Waals surface area contributed by atoms with Crippen molar-refractivity contribution in [3.63, 3.8) is 0 Å². The van der Waals surface area contributed by atoms with Crippen LogP contribution < -0.4 is 5.32 Å². The summed E-state index contributed by atoms with van der Waals surface area (Å²) in [4.78, 5) is 0. The van der Waals surface area contributed by atoms with Gasteiger partial charge in [-0.1, -0.05) is 6.07 Å². The Kier molecular flexibility index (Phi) is 4.10. The number of nitrogens with one attached hydrogen (secondary N) is 1. The summed E-state index contributed by atoms with van der Waals surface area (Å²) in [5.74, 6) is 2.61. The van der Waals surface area contributed by atoms with Crippen LogP contribution in [0.25, 0.3) is 0 Å². The second-order valence-electron chi connectivity index (χ2n) is 2.84. The number of aryl methyl sites for hydroxylation is 1. The molecule has 0 aliphatic rings. The van der Waals surface area contributed by atoms with Crippen LogP contribution in [0.2, 0.25) is 0 Å². The van der Waals surface area contributed by atoms with Crippen LogP contribution in [0.4, 0.5) is 5.69 Å². The topological polar surface area (TPSA) is 12.0 Å². The minimum absolute atomic E-state index is 0.769. The van der Waals surface area contributed by atoms with Crippen molar-refractivity contribution < 1.29 is 0 Å². The molecule has 0 radical (unpaired) electrons. The number of rotatable bonds is 3. The summed E-state index contributed by atoms with van der Waals surface area (Å²) >= 11 is 2.30. The van der Waals surface area contributed by atoms with Crippen LogP contribution in [0.1, 0.15) is 12.0 Å². The third kappa shape index (κ3) is 3.27. The molecular formula is C11H12IN. The highest BCUT2D eigenvalue weighted by atomic mass is 127. The molecule has 1 rings (SSSR count). The molecule has 68 valence electrons. The second-order valence-corrected chi connectivity index (χ2v) is 4.09. The lowest BCUT2D eigenvalue weighted by molar-refractivity contribution is 1.09. The van der Waals surface area contributed by atoms with Crippen LogP contribution in [0, 0.1) is 22.8 Å². The molecule has 0 aliphatic carbocycles. The highest BCUT2D eigenvalue weighted by Crippen LogP contribution is 2.17. The molecule has 0 aliphatic heterocycles. The zero-order chi connectivity index (χ0) is 9.68. The predicted molar refractivity (Wildman–Crippen MR) is 65.8 cm³/mol. The predicted octanol–water partition coefficient (Wildman–Crippen LogP) is 3.03. The van der Waals surface area contributed by atoms with Crippen molar-refractivity contribution in [3.8, 4) is 12.3 Å². The Balaban J connectivity index is 2.65. The van der Waals surface area contributed by atoms with E-state index < -0.39 is 0 Å². The van der Waals surface area contributed by atoms with Gasteiger partial charge in [0.05, 0.1) is 0 Å². The molecule has 0 saturated heterocycles. The molecule has 2 heteroatoms. The monoisotopic (exact) mass is 285 g/mol. The van der Waals surface area contributed by atoms with E-state index in [9.17, 15) is 0 Å². The van der Waals surface area contributed by atoms with Crippen molar-refractivity contribution in [2.75, 3.05) is 11.9 Å². The third-order valence-electron chi connectivity index (χ3n) is 1.78. The Morgan fingerprint density at radius 2 is 2.31 bits per heavy atom. The lowest BCUT2D eigenvalue weighted by Gasteiger charge is -2.08. The van der Waals surface area contributed by atoms with Gasteiger partial charge >= 0.3 is 0 Å². The van der Waals surface area contributed by atoms with Crippen molar-refractivity contribution >= 4 is 28.3 Å². The van der Waals surface area contributed by atoms with Crippen LogP contribution in [0.5, 0.6) is 0 Å². The van der Waals surface area contributed by atoms with Gasteiger partial charge in [0, 0.05) is 22.2 Å². The minimum atomic E-state index is 0.769. The van der Waals surface area contributed by atoms with E-state index >= 15 is 0 Å². The number of hydrogen-bond acceptors (Lipinski definition) is 1. The van der Waals surface area contributed by atoms with Gasteiger partial charge in [-0.25, -0.2) is 0 Å². The van der Waals surface area contributed by atoms with Gasteiger partial charge in [-0.05, 0) is 47.2 Å². The molecule has 1 aromatic carbocycles. The first-order valence-corrected chi connectivity index (χ1v) is 5.25. The third-order valence-corrected chi connectivity index (χ3v) is 2.46. The van der Waals surface area contributed by atoms with Crippen molar-refractivity contribution in [2.24, 2.45) is 0 Å². The molecule has 1 N–H and O–H groups in total. The maximum Gasteiger partial charge on any atom is 0.0380 e. The molecule has 0 bridgehead atoms. The average Bonchev–Trinajstić information content (AvgIpc) is 2.11. The Morgan fingerprint density at radius 1 is 1.54 bits per heavy atom. The van der Waals surface area contributed by atoms with Crippen molar-refractivity contribution in [1.82, 2.24) is 0 Å². The fourth-order valence-electron chi connectivity index (χ4n) is 1.05. The van der Waals surface area contributed by atoms with E-state index in [1.54, 1.807) is 0 Å². The summed E-state index contributed by atoms with van der Waals surface area (Å²) in [7, 11) is 0. The van der Waals surface area contributed by atoms with Crippen molar-refractivity contribution in [3.05, 3.63) is 27.3 Å². The van der Waals surface area contributed by atoms with E-state index in [-0.39, 0.29) is 0 Å². The molecule has 0 saturated carbocycles. The number of hydrogen-bond donors (Lipinski definition) is 1. The smallest absolute Gasteiger partial charge is 0.0380 e. The van der Waals surface area contributed by atoms with Crippen molar-refractivity contribution in [1.29, 1.82) is 0 Å². The Morgan fingerprint density at radius 3 is 3.00 bits per heavy atom. The highest BCUT2D eigenvalue weighted by Gasteiger charge is 1.96. The summed E-state index contributed by atoms with van der Waals surface area (Å²) < 4.78 is 1.24. The number of anilines is 1. The van der Waals surface area contributed by atoms with Gasteiger partial charge in [-0.15, -0.1) is 12.3 Å². The SMILES string of the molecule is C#CCCNc1cc(I)ccc1C. The second kappa shape index (κ2) is 5.13. The molecule has 1 nitrogen and oxygen atoms in total. The molecule has 0 amide bonds. The minimum Gasteiger partial charge on any atom is -0.384 e. The summed E-state index contributed by atoms with van der Waals surface area (Å²) in [5.41, 5.74) is 2.44. The number of terminal acetylenes is 1. The van der Waals surface area contributed by atoms with Crippen LogP contribution in [0.3, 0.4) is 0 Å². The maximum atomic E-state index is 5.17. The lowest BCUT2D eigenvalue weighted by atomic mass is 10.2. The van der Waals surface area contributed by atoms with Gasteiger partial charge in [0.1, 0.15) is 0 Å². The van der Waals surface area contributed by atoms with Gasteiger partial charge in [0.2, 0.25) is 0 Å². The van der Waals surface area contributed by atoms with Crippen molar-refractivity contribution in [2.45, 2.75) is 13.3 Å². The maximum absolute atomic E-state index is 5.17. The van der Waals surface area contributed by atoms with Gasteiger partial charge in [0.15, 0.2) is 0 Å². The molecule has 0 unspecified atom stereocenters.